The summed E-state index contributed by atoms with van der Waals surface area (Å²) in [6, 6.07) is 14.3. The fourth-order valence-corrected chi connectivity index (χ4v) is 1.95. The van der Waals surface area contributed by atoms with Gasteiger partial charge >= 0.3 is 0 Å². The fraction of sp³-hybridized carbons (Fsp3) is 0.391. The third-order valence-corrected chi connectivity index (χ3v) is 3.54. The largest absolute Gasteiger partial charge is 0.497 e. The predicted molar refractivity (Wildman–Crippen MR) is 116 cm³/mol. The Hall–Kier alpha value is -2.54. The number of hydrogen-bond acceptors (Lipinski definition) is 6. The molecule has 2 aromatic rings. The molecule has 0 unspecified atom stereocenters. The third kappa shape index (κ3) is 11.8. The van der Waals surface area contributed by atoms with Crippen LogP contribution in [0, 0.1) is 0 Å². The lowest BCUT2D eigenvalue weighted by Gasteiger charge is -2.04. The summed E-state index contributed by atoms with van der Waals surface area (Å²) in [5.41, 5.74) is 2.37. The Balaban J connectivity index is 0. The number of Topliss-reactive ketones (excluding diaryl/α,β-unsaturated/α-hetero) is 2. The van der Waals surface area contributed by atoms with Crippen LogP contribution in [0.4, 0.5) is 0 Å². The van der Waals surface area contributed by atoms with E-state index in [2.05, 4.69) is 0 Å². The number of methoxy groups -OCH3 is 2. The SMILES string of the molecule is C.C.COCCOOCc1ccc(C(C)=O)cc1.COc1ccc(C(C)=O)cc1. The van der Waals surface area contributed by atoms with Gasteiger partial charge in [0.1, 0.15) is 19.0 Å². The van der Waals surface area contributed by atoms with Gasteiger partial charge < -0.3 is 9.47 Å². The molecular formula is C23H34O6. The van der Waals surface area contributed by atoms with E-state index in [-0.39, 0.29) is 26.4 Å². The van der Waals surface area contributed by atoms with Crippen molar-refractivity contribution < 1.29 is 28.8 Å². The highest BCUT2D eigenvalue weighted by Gasteiger charge is 1.99. The molecule has 29 heavy (non-hydrogen) atoms. The Morgan fingerprint density at radius 1 is 0.724 bits per heavy atom. The minimum atomic E-state index is 0. The van der Waals surface area contributed by atoms with Crippen molar-refractivity contribution in [2.45, 2.75) is 35.3 Å². The predicted octanol–water partition coefficient (Wildman–Crippen LogP) is 5.15. The van der Waals surface area contributed by atoms with Gasteiger partial charge in [0.25, 0.3) is 0 Å². The number of benzene rings is 2. The molecular weight excluding hydrogens is 372 g/mol. The second-order valence-corrected chi connectivity index (χ2v) is 5.61. The average molecular weight is 407 g/mol. The average Bonchev–Trinajstić information content (AvgIpc) is 2.68. The number of carbonyl (C=O) groups excluding carboxylic acids is 2. The quantitative estimate of drug-likeness (QED) is 0.248. The first kappa shape index (κ1) is 28.7. The van der Waals surface area contributed by atoms with Crippen molar-refractivity contribution in [2.75, 3.05) is 27.4 Å². The number of ketones is 2. The highest BCUT2D eigenvalue weighted by molar-refractivity contribution is 5.94. The fourth-order valence-electron chi connectivity index (χ4n) is 1.95. The zero-order valence-electron chi connectivity index (χ0n) is 16.2. The van der Waals surface area contributed by atoms with E-state index in [9.17, 15) is 9.59 Å². The first-order valence-corrected chi connectivity index (χ1v) is 8.46. The standard InChI is InChI=1S/C12H16O4.C9H10O2.2CH4/c1-10(13)12-5-3-11(4-6-12)9-16-15-8-7-14-2;1-7(10)8-3-5-9(11-2)6-4-8;;/h3-6H,7-9H2,1-2H3;3-6H,1-2H3;2*1H4. The van der Waals surface area contributed by atoms with Gasteiger partial charge in [-0.3, -0.25) is 9.59 Å². The summed E-state index contributed by atoms with van der Waals surface area (Å²) in [6.07, 6.45) is 0. The van der Waals surface area contributed by atoms with Gasteiger partial charge in [-0.1, -0.05) is 39.1 Å². The van der Waals surface area contributed by atoms with Gasteiger partial charge in [0, 0.05) is 18.2 Å². The summed E-state index contributed by atoms with van der Waals surface area (Å²) >= 11 is 0. The summed E-state index contributed by atoms with van der Waals surface area (Å²) in [5.74, 6) is 0.909. The topological polar surface area (TPSA) is 71.1 Å². The second kappa shape index (κ2) is 16.4. The van der Waals surface area contributed by atoms with Crippen LogP contribution in [0.2, 0.25) is 0 Å². The monoisotopic (exact) mass is 406 g/mol. The van der Waals surface area contributed by atoms with Crippen LogP contribution >= 0.6 is 0 Å². The van der Waals surface area contributed by atoms with Gasteiger partial charge in [-0.05, 0) is 43.7 Å². The van der Waals surface area contributed by atoms with Crippen LogP contribution in [0.5, 0.6) is 5.75 Å². The Morgan fingerprint density at radius 2 is 1.21 bits per heavy atom. The molecule has 0 aliphatic rings. The maximum atomic E-state index is 11.0. The molecule has 2 rings (SSSR count). The van der Waals surface area contributed by atoms with Crippen LogP contribution in [0.3, 0.4) is 0 Å². The Labute approximate surface area is 174 Å². The van der Waals surface area contributed by atoms with E-state index < -0.39 is 0 Å². The van der Waals surface area contributed by atoms with Crippen molar-refractivity contribution in [3.8, 4) is 5.75 Å². The molecule has 0 amide bonds. The van der Waals surface area contributed by atoms with Crippen LogP contribution in [0.15, 0.2) is 48.5 Å². The maximum absolute atomic E-state index is 11.0. The van der Waals surface area contributed by atoms with Crippen LogP contribution in [-0.2, 0) is 21.1 Å². The molecule has 0 aliphatic heterocycles. The second-order valence-electron chi connectivity index (χ2n) is 5.61. The highest BCUT2D eigenvalue weighted by Crippen LogP contribution is 2.11. The summed E-state index contributed by atoms with van der Waals surface area (Å²) < 4.78 is 9.73. The van der Waals surface area contributed by atoms with Crippen molar-refractivity contribution >= 4 is 11.6 Å². The molecule has 0 atom stereocenters. The molecule has 162 valence electrons. The molecule has 6 heteroatoms. The summed E-state index contributed by atoms with van der Waals surface area (Å²) in [4.78, 5) is 31.6. The van der Waals surface area contributed by atoms with Crippen molar-refractivity contribution in [2.24, 2.45) is 0 Å². The van der Waals surface area contributed by atoms with E-state index >= 15 is 0 Å². The van der Waals surface area contributed by atoms with Crippen LogP contribution < -0.4 is 4.74 Å². The summed E-state index contributed by atoms with van der Waals surface area (Å²) in [6.45, 7) is 4.36. The Morgan fingerprint density at radius 3 is 1.62 bits per heavy atom. The molecule has 0 aromatic heterocycles. The van der Waals surface area contributed by atoms with Crippen LogP contribution in [0.25, 0.3) is 0 Å². The first-order chi connectivity index (χ1) is 13.0. The van der Waals surface area contributed by atoms with Crippen molar-refractivity contribution in [1.29, 1.82) is 0 Å². The number of hydrogen-bond donors (Lipinski definition) is 0. The van der Waals surface area contributed by atoms with Gasteiger partial charge in [-0.25, -0.2) is 9.78 Å². The van der Waals surface area contributed by atoms with E-state index in [0.29, 0.717) is 30.9 Å². The van der Waals surface area contributed by atoms with Crippen LogP contribution in [-0.4, -0.2) is 39.0 Å². The number of carbonyl (C=O) groups is 2. The van der Waals surface area contributed by atoms with Crippen molar-refractivity contribution in [3.63, 3.8) is 0 Å². The Bertz CT molecular complexity index is 692. The Kier molecular flexibility index (Phi) is 16.2. The lowest BCUT2D eigenvalue weighted by Crippen LogP contribution is -2.03. The smallest absolute Gasteiger partial charge is 0.159 e. The molecule has 0 heterocycles. The number of ether oxygens (including phenoxy) is 2. The molecule has 0 aliphatic carbocycles. The third-order valence-electron chi connectivity index (χ3n) is 3.54. The summed E-state index contributed by atoms with van der Waals surface area (Å²) in [7, 11) is 3.20. The lowest BCUT2D eigenvalue weighted by atomic mass is 10.1. The van der Waals surface area contributed by atoms with E-state index in [1.54, 1.807) is 64.5 Å². The normalized spacial score (nSPS) is 9.24. The molecule has 0 radical (unpaired) electrons. The molecule has 0 spiro atoms. The minimum absolute atomic E-state index is 0. The first-order valence-electron chi connectivity index (χ1n) is 8.46. The molecule has 2 aromatic carbocycles. The van der Waals surface area contributed by atoms with E-state index in [4.69, 9.17) is 19.2 Å². The lowest BCUT2D eigenvalue weighted by molar-refractivity contribution is -0.307. The molecule has 6 nitrogen and oxygen atoms in total. The van der Waals surface area contributed by atoms with E-state index in [1.165, 1.54) is 0 Å². The molecule has 0 N–H and O–H groups in total. The van der Waals surface area contributed by atoms with Gasteiger partial charge in [0.15, 0.2) is 11.6 Å². The van der Waals surface area contributed by atoms with Crippen molar-refractivity contribution in [1.82, 2.24) is 0 Å². The van der Waals surface area contributed by atoms with Gasteiger partial charge in [-0.15, -0.1) is 0 Å². The van der Waals surface area contributed by atoms with Gasteiger partial charge in [0.05, 0.1) is 13.7 Å². The molecule has 0 saturated heterocycles. The molecule has 0 fully saturated rings. The molecule has 0 bridgehead atoms. The van der Waals surface area contributed by atoms with E-state index in [1.807, 2.05) is 12.1 Å². The van der Waals surface area contributed by atoms with Crippen LogP contribution in [0.1, 0.15) is 55.0 Å². The summed E-state index contributed by atoms with van der Waals surface area (Å²) in [5, 5.41) is 0. The number of rotatable bonds is 9. The minimum Gasteiger partial charge on any atom is -0.497 e. The zero-order valence-corrected chi connectivity index (χ0v) is 16.2. The van der Waals surface area contributed by atoms with Gasteiger partial charge in [-0.2, -0.15) is 0 Å². The van der Waals surface area contributed by atoms with Gasteiger partial charge in [0.2, 0.25) is 0 Å². The maximum Gasteiger partial charge on any atom is 0.159 e. The highest BCUT2D eigenvalue weighted by atomic mass is 17.2. The zero-order chi connectivity index (χ0) is 20.1. The molecule has 0 saturated carbocycles. The van der Waals surface area contributed by atoms with Crippen molar-refractivity contribution in [3.05, 3.63) is 65.2 Å². The van der Waals surface area contributed by atoms with E-state index in [0.717, 1.165) is 11.3 Å².